The Bertz CT molecular complexity index is 534. The highest BCUT2D eigenvalue weighted by molar-refractivity contribution is 7.92. The minimum Gasteiger partial charge on any atom is -0.298 e. The van der Waals surface area contributed by atoms with Gasteiger partial charge in [0.05, 0.1) is 5.75 Å². The third-order valence-electron chi connectivity index (χ3n) is 3.23. The summed E-state index contributed by atoms with van der Waals surface area (Å²) in [4.78, 5) is 12.0. The Morgan fingerprint density at radius 1 is 1.22 bits per heavy atom. The molecule has 1 atom stereocenters. The SMILES string of the molecule is O=C(Cc1ccc(F)cc1)C1CCCCS1(=O)=O. The monoisotopic (exact) mass is 270 g/mol. The van der Waals surface area contributed by atoms with Gasteiger partial charge < -0.3 is 0 Å². The van der Waals surface area contributed by atoms with Crippen LogP contribution in [0.3, 0.4) is 0 Å². The molecule has 0 bridgehead atoms. The van der Waals surface area contributed by atoms with E-state index >= 15 is 0 Å². The Hall–Kier alpha value is -1.23. The molecule has 0 aromatic heterocycles. The van der Waals surface area contributed by atoms with E-state index < -0.39 is 15.1 Å². The van der Waals surface area contributed by atoms with Gasteiger partial charge in [-0.2, -0.15) is 0 Å². The van der Waals surface area contributed by atoms with Gasteiger partial charge in [0, 0.05) is 6.42 Å². The minimum absolute atomic E-state index is 0.0597. The molecule has 3 nitrogen and oxygen atoms in total. The Balaban J connectivity index is 2.10. The van der Waals surface area contributed by atoms with Crippen molar-refractivity contribution in [3.05, 3.63) is 35.6 Å². The minimum atomic E-state index is -3.27. The first-order valence-corrected chi connectivity index (χ1v) is 7.69. The summed E-state index contributed by atoms with van der Waals surface area (Å²) in [6, 6.07) is 5.58. The van der Waals surface area contributed by atoms with Crippen molar-refractivity contribution in [2.75, 3.05) is 5.75 Å². The number of sulfone groups is 1. The molecule has 2 rings (SSSR count). The maximum atomic E-state index is 12.7. The molecule has 0 spiro atoms. The quantitative estimate of drug-likeness (QED) is 0.843. The Kier molecular flexibility index (Phi) is 3.80. The van der Waals surface area contributed by atoms with Gasteiger partial charge in [-0.1, -0.05) is 18.6 Å². The molecular weight excluding hydrogens is 255 g/mol. The number of benzene rings is 1. The van der Waals surface area contributed by atoms with Crippen LogP contribution in [0.5, 0.6) is 0 Å². The molecule has 1 heterocycles. The Labute approximate surface area is 106 Å². The average molecular weight is 270 g/mol. The standard InChI is InChI=1S/C13H15FO3S/c14-11-6-4-10(5-7-11)9-12(15)13-3-1-2-8-18(13,16)17/h4-7,13H,1-3,8-9H2. The van der Waals surface area contributed by atoms with Crippen LogP contribution in [0.25, 0.3) is 0 Å². The maximum Gasteiger partial charge on any atom is 0.160 e. The molecule has 18 heavy (non-hydrogen) atoms. The van der Waals surface area contributed by atoms with Gasteiger partial charge in [-0.05, 0) is 30.5 Å². The molecule has 1 aromatic carbocycles. The summed E-state index contributed by atoms with van der Waals surface area (Å²) in [5.41, 5.74) is 0.655. The van der Waals surface area contributed by atoms with Gasteiger partial charge >= 0.3 is 0 Å². The van der Waals surface area contributed by atoms with Crippen LogP contribution >= 0.6 is 0 Å². The van der Waals surface area contributed by atoms with Crippen molar-refractivity contribution in [3.8, 4) is 0 Å². The summed E-state index contributed by atoms with van der Waals surface area (Å²) in [5, 5.41) is -0.865. The van der Waals surface area contributed by atoms with Gasteiger partial charge in [-0.3, -0.25) is 4.79 Å². The van der Waals surface area contributed by atoms with Gasteiger partial charge in [0.25, 0.3) is 0 Å². The fraction of sp³-hybridized carbons (Fsp3) is 0.462. The zero-order valence-electron chi connectivity index (χ0n) is 9.93. The third kappa shape index (κ3) is 2.96. The van der Waals surface area contributed by atoms with Crippen LogP contribution in [-0.2, 0) is 21.1 Å². The van der Waals surface area contributed by atoms with E-state index in [1.807, 2.05) is 0 Å². The molecule has 98 valence electrons. The van der Waals surface area contributed by atoms with Crippen molar-refractivity contribution >= 4 is 15.6 Å². The Morgan fingerprint density at radius 3 is 2.50 bits per heavy atom. The van der Waals surface area contributed by atoms with Crippen molar-refractivity contribution in [1.29, 1.82) is 0 Å². The summed E-state index contributed by atoms with van der Waals surface area (Å²) in [6.07, 6.45) is 1.90. The van der Waals surface area contributed by atoms with Crippen LogP contribution in [0.4, 0.5) is 4.39 Å². The number of ketones is 1. The number of carbonyl (C=O) groups excluding carboxylic acids is 1. The highest BCUT2D eigenvalue weighted by Crippen LogP contribution is 2.21. The van der Waals surface area contributed by atoms with Crippen molar-refractivity contribution in [2.24, 2.45) is 0 Å². The zero-order valence-corrected chi connectivity index (χ0v) is 10.7. The number of hydrogen-bond donors (Lipinski definition) is 0. The summed E-state index contributed by atoms with van der Waals surface area (Å²) in [6.45, 7) is 0. The first kappa shape index (κ1) is 13.2. The predicted molar refractivity (Wildman–Crippen MR) is 66.5 cm³/mol. The summed E-state index contributed by atoms with van der Waals surface area (Å²) < 4.78 is 36.3. The van der Waals surface area contributed by atoms with E-state index in [1.54, 1.807) is 0 Å². The van der Waals surface area contributed by atoms with Gasteiger partial charge in [-0.25, -0.2) is 12.8 Å². The highest BCUT2D eigenvalue weighted by Gasteiger charge is 2.34. The molecule has 0 amide bonds. The van der Waals surface area contributed by atoms with Crippen molar-refractivity contribution in [2.45, 2.75) is 30.9 Å². The van der Waals surface area contributed by atoms with E-state index in [2.05, 4.69) is 0 Å². The van der Waals surface area contributed by atoms with Crippen LogP contribution in [-0.4, -0.2) is 25.2 Å². The summed E-state index contributed by atoms with van der Waals surface area (Å²) >= 11 is 0. The third-order valence-corrected chi connectivity index (χ3v) is 5.45. The molecule has 1 aromatic rings. The molecule has 1 aliphatic rings. The van der Waals surface area contributed by atoms with E-state index in [-0.39, 0.29) is 23.8 Å². The molecule has 5 heteroatoms. The second-order valence-electron chi connectivity index (χ2n) is 4.62. The van der Waals surface area contributed by atoms with Gasteiger partial charge in [0.15, 0.2) is 15.6 Å². The van der Waals surface area contributed by atoms with Crippen molar-refractivity contribution in [3.63, 3.8) is 0 Å². The van der Waals surface area contributed by atoms with Crippen molar-refractivity contribution in [1.82, 2.24) is 0 Å². The number of carbonyl (C=O) groups is 1. The Morgan fingerprint density at radius 2 is 1.89 bits per heavy atom. The smallest absolute Gasteiger partial charge is 0.160 e. The largest absolute Gasteiger partial charge is 0.298 e. The molecule has 0 saturated carbocycles. The lowest BCUT2D eigenvalue weighted by molar-refractivity contribution is -0.118. The second kappa shape index (κ2) is 5.18. The molecule has 1 aliphatic heterocycles. The lowest BCUT2D eigenvalue weighted by Crippen LogP contribution is -2.36. The van der Waals surface area contributed by atoms with E-state index in [4.69, 9.17) is 0 Å². The van der Waals surface area contributed by atoms with Crippen LogP contribution < -0.4 is 0 Å². The molecule has 1 unspecified atom stereocenters. The van der Waals surface area contributed by atoms with E-state index in [9.17, 15) is 17.6 Å². The first-order valence-electron chi connectivity index (χ1n) is 5.98. The van der Waals surface area contributed by atoms with Gasteiger partial charge in [0.1, 0.15) is 11.1 Å². The number of hydrogen-bond acceptors (Lipinski definition) is 3. The molecule has 0 aliphatic carbocycles. The average Bonchev–Trinajstić information content (AvgIpc) is 2.31. The highest BCUT2D eigenvalue weighted by atomic mass is 32.2. The predicted octanol–water partition coefficient (Wildman–Crippen LogP) is 1.90. The van der Waals surface area contributed by atoms with E-state index in [1.165, 1.54) is 24.3 Å². The number of rotatable bonds is 3. The van der Waals surface area contributed by atoms with E-state index in [0.717, 1.165) is 6.42 Å². The zero-order chi connectivity index (χ0) is 13.2. The van der Waals surface area contributed by atoms with Crippen molar-refractivity contribution < 1.29 is 17.6 Å². The summed E-state index contributed by atoms with van der Waals surface area (Å²) in [5.74, 6) is -0.537. The van der Waals surface area contributed by atoms with Crippen LogP contribution in [0.1, 0.15) is 24.8 Å². The molecule has 0 radical (unpaired) electrons. The summed E-state index contributed by atoms with van der Waals surface area (Å²) in [7, 11) is -3.27. The lowest BCUT2D eigenvalue weighted by Gasteiger charge is -2.20. The van der Waals surface area contributed by atoms with Gasteiger partial charge in [-0.15, -0.1) is 0 Å². The fourth-order valence-corrected chi connectivity index (χ4v) is 4.13. The van der Waals surface area contributed by atoms with Crippen LogP contribution in [0.2, 0.25) is 0 Å². The molecule has 0 N–H and O–H groups in total. The molecule has 1 fully saturated rings. The maximum absolute atomic E-state index is 12.7. The second-order valence-corrected chi connectivity index (χ2v) is 6.92. The van der Waals surface area contributed by atoms with Crippen LogP contribution in [0, 0.1) is 5.82 Å². The molecular formula is C13H15FO3S. The molecule has 1 saturated heterocycles. The lowest BCUT2D eigenvalue weighted by atomic mass is 10.0. The first-order chi connectivity index (χ1) is 8.49. The van der Waals surface area contributed by atoms with E-state index in [0.29, 0.717) is 18.4 Å². The topological polar surface area (TPSA) is 51.2 Å². The number of halogens is 1. The van der Waals surface area contributed by atoms with Gasteiger partial charge in [0.2, 0.25) is 0 Å². The normalized spacial score (nSPS) is 22.6. The van der Waals surface area contributed by atoms with Crippen LogP contribution in [0.15, 0.2) is 24.3 Å². The fourth-order valence-electron chi connectivity index (χ4n) is 2.23. The number of Topliss-reactive ketones (excluding diaryl/α,β-unsaturated/α-hetero) is 1.